The smallest absolute Gasteiger partial charge is 0.224 e. The normalized spacial score (nSPS) is 10.3. The number of amides is 1. The lowest BCUT2D eigenvalue weighted by molar-refractivity contribution is -0.116. The second-order valence-corrected chi connectivity index (χ2v) is 4.45. The summed E-state index contributed by atoms with van der Waals surface area (Å²) in [5, 5.41) is 2.92. The summed E-state index contributed by atoms with van der Waals surface area (Å²) < 4.78 is 0. The van der Waals surface area contributed by atoms with E-state index in [0.29, 0.717) is 13.0 Å². The van der Waals surface area contributed by atoms with Gasteiger partial charge in [0.15, 0.2) is 0 Å². The molecule has 3 nitrogen and oxygen atoms in total. The Hall–Kier alpha value is -1.35. The molecule has 0 bridgehead atoms. The number of aryl methyl sites for hydroxylation is 2. The summed E-state index contributed by atoms with van der Waals surface area (Å²) in [5.41, 5.74) is 8.73. The Balaban J connectivity index is 2.37. The summed E-state index contributed by atoms with van der Waals surface area (Å²) in [7, 11) is 0. The van der Waals surface area contributed by atoms with Crippen LogP contribution in [0.5, 0.6) is 0 Å². The van der Waals surface area contributed by atoms with Crippen molar-refractivity contribution in [1.82, 2.24) is 0 Å². The Bertz CT molecular complexity index is 374. The minimum absolute atomic E-state index is 0.0882. The molecule has 17 heavy (non-hydrogen) atoms. The molecule has 0 saturated carbocycles. The van der Waals surface area contributed by atoms with Crippen LogP contribution in [-0.4, -0.2) is 12.5 Å². The van der Waals surface area contributed by atoms with Crippen LogP contribution in [0.3, 0.4) is 0 Å². The van der Waals surface area contributed by atoms with Gasteiger partial charge in [-0.3, -0.25) is 4.79 Å². The van der Waals surface area contributed by atoms with Crippen molar-refractivity contribution in [3.05, 3.63) is 29.3 Å². The highest BCUT2D eigenvalue weighted by Crippen LogP contribution is 2.14. The Morgan fingerprint density at radius 3 is 2.59 bits per heavy atom. The molecule has 0 fully saturated rings. The summed E-state index contributed by atoms with van der Waals surface area (Å²) in [6.07, 6.45) is 3.51. The summed E-state index contributed by atoms with van der Waals surface area (Å²) in [6, 6.07) is 5.98. The third kappa shape index (κ3) is 5.00. The van der Waals surface area contributed by atoms with Gasteiger partial charge in [0.05, 0.1) is 0 Å². The van der Waals surface area contributed by atoms with Gasteiger partial charge in [-0.1, -0.05) is 12.5 Å². The second kappa shape index (κ2) is 7.07. The first-order valence-electron chi connectivity index (χ1n) is 6.20. The van der Waals surface area contributed by atoms with Gasteiger partial charge in [0.2, 0.25) is 5.91 Å². The van der Waals surface area contributed by atoms with Gasteiger partial charge in [-0.25, -0.2) is 0 Å². The molecular formula is C14H22N2O. The topological polar surface area (TPSA) is 55.1 Å². The van der Waals surface area contributed by atoms with E-state index in [1.54, 1.807) is 0 Å². The second-order valence-electron chi connectivity index (χ2n) is 4.45. The molecule has 0 aliphatic rings. The highest BCUT2D eigenvalue weighted by atomic mass is 16.1. The van der Waals surface area contributed by atoms with E-state index in [1.165, 1.54) is 11.1 Å². The summed E-state index contributed by atoms with van der Waals surface area (Å²) in [6.45, 7) is 4.82. The molecule has 0 aliphatic carbocycles. The maximum absolute atomic E-state index is 11.6. The summed E-state index contributed by atoms with van der Waals surface area (Å²) >= 11 is 0. The number of unbranched alkanes of at least 4 members (excludes halogenated alkanes) is 2. The number of rotatable bonds is 6. The van der Waals surface area contributed by atoms with Gasteiger partial charge in [0.1, 0.15) is 0 Å². The van der Waals surface area contributed by atoms with Crippen LogP contribution in [0.25, 0.3) is 0 Å². The van der Waals surface area contributed by atoms with Gasteiger partial charge in [-0.2, -0.15) is 0 Å². The minimum Gasteiger partial charge on any atom is -0.330 e. The Kier molecular flexibility index (Phi) is 5.70. The Morgan fingerprint density at radius 2 is 1.94 bits per heavy atom. The van der Waals surface area contributed by atoms with Crippen LogP contribution >= 0.6 is 0 Å². The van der Waals surface area contributed by atoms with Crippen LogP contribution in [0.2, 0.25) is 0 Å². The number of benzene rings is 1. The number of hydrogen-bond acceptors (Lipinski definition) is 2. The molecule has 3 N–H and O–H groups in total. The average Bonchev–Trinajstić information content (AvgIpc) is 2.30. The van der Waals surface area contributed by atoms with E-state index in [4.69, 9.17) is 5.73 Å². The highest BCUT2D eigenvalue weighted by Gasteiger charge is 2.02. The number of nitrogens with two attached hydrogens (primary N) is 1. The van der Waals surface area contributed by atoms with E-state index >= 15 is 0 Å². The van der Waals surface area contributed by atoms with Crippen LogP contribution in [0, 0.1) is 13.8 Å². The number of anilines is 1. The molecule has 0 aliphatic heterocycles. The fraction of sp³-hybridized carbons (Fsp3) is 0.500. The number of carbonyl (C=O) groups is 1. The Labute approximate surface area is 103 Å². The zero-order valence-corrected chi connectivity index (χ0v) is 10.8. The molecule has 1 aromatic rings. The minimum atomic E-state index is 0.0882. The maximum atomic E-state index is 11.6. The Morgan fingerprint density at radius 1 is 1.18 bits per heavy atom. The van der Waals surface area contributed by atoms with Gasteiger partial charge < -0.3 is 11.1 Å². The van der Waals surface area contributed by atoms with Gasteiger partial charge in [0, 0.05) is 12.1 Å². The molecule has 0 aromatic heterocycles. The SMILES string of the molecule is Cc1ccc(NC(=O)CCCCCN)cc1C. The van der Waals surface area contributed by atoms with Crippen molar-refractivity contribution >= 4 is 11.6 Å². The predicted octanol–water partition coefficient (Wildman–Crippen LogP) is 2.76. The van der Waals surface area contributed by atoms with E-state index in [0.717, 1.165) is 24.9 Å². The fourth-order valence-corrected chi connectivity index (χ4v) is 1.65. The van der Waals surface area contributed by atoms with Crippen LogP contribution in [0.1, 0.15) is 36.8 Å². The molecule has 0 spiro atoms. The van der Waals surface area contributed by atoms with Gasteiger partial charge >= 0.3 is 0 Å². The van der Waals surface area contributed by atoms with Crippen molar-refractivity contribution < 1.29 is 4.79 Å². The lowest BCUT2D eigenvalue weighted by atomic mass is 10.1. The molecule has 0 saturated heterocycles. The number of hydrogen-bond donors (Lipinski definition) is 2. The molecule has 0 heterocycles. The third-order valence-corrected chi connectivity index (χ3v) is 2.90. The van der Waals surface area contributed by atoms with E-state index < -0.39 is 0 Å². The quantitative estimate of drug-likeness (QED) is 0.744. The van der Waals surface area contributed by atoms with Crippen molar-refractivity contribution in [3.8, 4) is 0 Å². The lowest BCUT2D eigenvalue weighted by Crippen LogP contribution is -2.11. The fourth-order valence-electron chi connectivity index (χ4n) is 1.65. The highest BCUT2D eigenvalue weighted by molar-refractivity contribution is 5.90. The van der Waals surface area contributed by atoms with Crippen LogP contribution in [0.4, 0.5) is 5.69 Å². The van der Waals surface area contributed by atoms with Crippen molar-refractivity contribution in [2.45, 2.75) is 39.5 Å². The molecule has 94 valence electrons. The maximum Gasteiger partial charge on any atom is 0.224 e. The average molecular weight is 234 g/mol. The van der Waals surface area contributed by atoms with E-state index in [9.17, 15) is 4.79 Å². The van der Waals surface area contributed by atoms with Crippen LogP contribution < -0.4 is 11.1 Å². The van der Waals surface area contributed by atoms with Gasteiger partial charge in [-0.15, -0.1) is 0 Å². The van der Waals surface area contributed by atoms with Crippen molar-refractivity contribution in [2.24, 2.45) is 5.73 Å². The molecule has 0 atom stereocenters. The van der Waals surface area contributed by atoms with Crippen LogP contribution in [0.15, 0.2) is 18.2 Å². The van der Waals surface area contributed by atoms with Crippen molar-refractivity contribution in [1.29, 1.82) is 0 Å². The first-order chi connectivity index (χ1) is 8.13. The number of carbonyl (C=O) groups excluding carboxylic acids is 1. The summed E-state index contributed by atoms with van der Waals surface area (Å²) in [5.74, 6) is 0.0882. The molecule has 3 heteroatoms. The van der Waals surface area contributed by atoms with E-state index in [1.807, 2.05) is 25.1 Å². The molecular weight excluding hydrogens is 212 g/mol. The van der Waals surface area contributed by atoms with Crippen molar-refractivity contribution in [3.63, 3.8) is 0 Å². The molecule has 1 rings (SSSR count). The zero-order valence-electron chi connectivity index (χ0n) is 10.8. The predicted molar refractivity (Wildman–Crippen MR) is 72.1 cm³/mol. The standard InChI is InChI=1S/C14H22N2O/c1-11-7-8-13(10-12(11)2)16-14(17)6-4-3-5-9-15/h7-8,10H,3-6,9,15H2,1-2H3,(H,16,17). The first kappa shape index (κ1) is 13.7. The monoisotopic (exact) mass is 234 g/mol. The molecule has 1 aromatic carbocycles. The zero-order chi connectivity index (χ0) is 12.7. The van der Waals surface area contributed by atoms with Crippen molar-refractivity contribution in [2.75, 3.05) is 11.9 Å². The van der Waals surface area contributed by atoms with Gasteiger partial charge in [-0.05, 0) is 56.5 Å². The third-order valence-electron chi connectivity index (χ3n) is 2.90. The van der Waals surface area contributed by atoms with E-state index in [-0.39, 0.29) is 5.91 Å². The summed E-state index contributed by atoms with van der Waals surface area (Å²) in [4.78, 5) is 11.6. The number of nitrogens with one attached hydrogen (secondary N) is 1. The molecule has 1 amide bonds. The first-order valence-corrected chi connectivity index (χ1v) is 6.20. The van der Waals surface area contributed by atoms with Gasteiger partial charge in [0.25, 0.3) is 0 Å². The van der Waals surface area contributed by atoms with Crippen LogP contribution in [-0.2, 0) is 4.79 Å². The van der Waals surface area contributed by atoms with E-state index in [2.05, 4.69) is 12.2 Å². The largest absolute Gasteiger partial charge is 0.330 e. The molecule has 0 radical (unpaired) electrons. The lowest BCUT2D eigenvalue weighted by Gasteiger charge is -2.07. The molecule has 0 unspecified atom stereocenters.